The minimum atomic E-state index is 0.516. The Balaban J connectivity index is 2.11. The van der Waals surface area contributed by atoms with E-state index in [4.69, 9.17) is 0 Å². The molecule has 2 rings (SSSR count). The smallest absolute Gasteiger partial charge is 0.00854 e. The van der Waals surface area contributed by atoms with Crippen LogP contribution in [0.3, 0.4) is 0 Å². The van der Waals surface area contributed by atoms with E-state index in [2.05, 4.69) is 64.3 Å². The zero-order chi connectivity index (χ0) is 14.7. The lowest BCUT2D eigenvalue weighted by atomic mass is 9.84. The molecule has 0 spiro atoms. The zero-order valence-corrected chi connectivity index (χ0v) is 13.1. The standard InChI is InChI=1S/C20H26/c1-14(2)16(5)12-19(15(3)4)13-18-11-10-17-8-6-7-9-20(17)18/h6-9,11,14,19H,3,5,10,12-13H2,1-2,4H3/t19-/m0/s1. The average molecular weight is 266 g/mol. The molecule has 1 atom stereocenters. The van der Waals surface area contributed by atoms with Gasteiger partial charge in [0.1, 0.15) is 0 Å². The molecule has 0 aliphatic heterocycles. The SMILES string of the molecule is C=C(C[C@@H](CC1=CCc2ccccc21)C(=C)C)C(C)C. The Hall–Kier alpha value is -1.56. The first-order valence-corrected chi connectivity index (χ1v) is 7.59. The average Bonchev–Trinajstić information content (AvgIpc) is 2.81. The molecule has 0 aromatic heterocycles. The molecule has 0 amide bonds. The van der Waals surface area contributed by atoms with Crippen LogP contribution in [0.1, 0.15) is 44.7 Å². The highest BCUT2D eigenvalue weighted by atomic mass is 14.2. The topological polar surface area (TPSA) is 0 Å². The van der Waals surface area contributed by atoms with Gasteiger partial charge in [-0.2, -0.15) is 0 Å². The summed E-state index contributed by atoms with van der Waals surface area (Å²) in [6.07, 6.45) is 5.63. The number of fused-ring (bicyclic) bond motifs is 1. The summed E-state index contributed by atoms with van der Waals surface area (Å²) >= 11 is 0. The predicted octanol–water partition coefficient (Wildman–Crippen LogP) is 5.81. The van der Waals surface area contributed by atoms with E-state index in [1.54, 1.807) is 0 Å². The van der Waals surface area contributed by atoms with Crippen LogP contribution in [-0.4, -0.2) is 0 Å². The number of hydrogen-bond acceptors (Lipinski definition) is 0. The molecule has 0 radical (unpaired) electrons. The Morgan fingerprint density at radius 1 is 1.20 bits per heavy atom. The second kappa shape index (κ2) is 6.26. The van der Waals surface area contributed by atoms with Crippen LogP contribution in [0.2, 0.25) is 0 Å². The lowest BCUT2D eigenvalue weighted by Crippen LogP contribution is -2.06. The van der Waals surface area contributed by atoms with Crippen molar-refractivity contribution >= 4 is 5.57 Å². The normalized spacial score (nSPS) is 14.9. The molecule has 1 aromatic rings. The number of rotatable bonds is 6. The van der Waals surface area contributed by atoms with Crippen LogP contribution < -0.4 is 0 Å². The van der Waals surface area contributed by atoms with Gasteiger partial charge in [0.15, 0.2) is 0 Å². The van der Waals surface area contributed by atoms with Crippen LogP contribution in [0, 0.1) is 11.8 Å². The minimum Gasteiger partial charge on any atom is -0.0998 e. The highest BCUT2D eigenvalue weighted by Gasteiger charge is 2.19. The zero-order valence-electron chi connectivity index (χ0n) is 13.1. The molecule has 0 heteroatoms. The molecule has 0 saturated heterocycles. The summed E-state index contributed by atoms with van der Waals surface area (Å²) < 4.78 is 0. The Morgan fingerprint density at radius 3 is 2.55 bits per heavy atom. The largest absolute Gasteiger partial charge is 0.0998 e. The van der Waals surface area contributed by atoms with Gasteiger partial charge >= 0.3 is 0 Å². The van der Waals surface area contributed by atoms with Crippen molar-refractivity contribution in [3.05, 3.63) is 65.8 Å². The lowest BCUT2D eigenvalue weighted by molar-refractivity contribution is 0.580. The van der Waals surface area contributed by atoms with E-state index in [0.29, 0.717) is 11.8 Å². The van der Waals surface area contributed by atoms with Crippen LogP contribution in [-0.2, 0) is 6.42 Å². The molecule has 20 heavy (non-hydrogen) atoms. The van der Waals surface area contributed by atoms with Gasteiger partial charge in [-0.05, 0) is 54.7 Å². The van der Waals surface area contributed by atoms with E-state index >= 15 is 0 Å². The third-order valence-electron chi connectivity index (χ3n) is 4.42. The fourth-order valence-corrected chi connectivity index (χ4v) is 2.79. The number of hydrogen-bond donors (Lipinski definition) is 0. The molecule has 106 valence electrons. The summed E-state index contributed by atoms with van der Waals surface area (Å²) in [6.45, 7) is 15.0. The van der Waals surface area contributed by atoms with E-state index in [-0.39, 0.29) is 0 Å². The van der Waals surface area contributed by atoms with Gasteiger partial charge in [0.25, 0.3) is 0 Å². The van der Waals surface area contributed by atoms with E-state index in [0.717, 1.165) is 19.3 Å². The number of allylic oxidation sites excluding steroid dienone is 4. The van der Waals surface area contributed by atoms with Crippen molar-refractivity contribution in [3.63, 3.8) is 0 Å². The van der Waals surface area contributed by atoms with Crippen molar-refractivity contribution in [2.75, 3.05) is 0 Å². The van der Waals surface area contributed by atoms with Gasteiger partial charge in [0, 0.05) is 0 Å². The second-order valence-corrected chi connectivity index (χ2v) is 6.36. The summed E-state index contributed by atoms with van der Waals surface area (Å²) in [5, 5.41) is 0. The van der Waals surface area contributed by atoms with Crippen molar-refractivity contribution in [1.82, 2.24) is 0 Å². The molecular formula is C20H26. The van der Waals surface area contributed by atoms with Crippen molar-refractivity contribution in [2.24, 2.45) is 11.8 Å². The van der Waals surface area contributed by atoms with Crippen LogP contribution in [0.5, 0.6) is 0 Å². The van der Waals surface area contributed by atoms with Crippen LogP contribution in [0.25, 0.3) is 5.57 Å². The molecule has 0 N–H and O–H groups in total. The molecule has 1 aliphatic carbocycles. The van der Waals surface area contributed by atoms with Crippen LogP contribution in [0.15, 0.2) is 54.6 Å². The molecular weight excluding hydrogens is 240 g/mol. The fourth-order valence-electron chi connectivity index (χ4n) is 2.79. The maximum absolute atomic E-state index is 4.23. The molecule has 0 fully saturated rings. The Kier molecular flexibility index (Phi) is 4.65. The predicted molar refractivity (Wildman–Crippen MR) is 89.6 cm³/mol. The van der Waals surface area contributed by atoms with E-state index in [1.807, 2.05) is 0 Å². The van der Waals surface area contributed by atoms with Crippen LogP contribution in [0.4, 0.5) is 0 Å². The molecule has 0 nitrogen and oxygen atoms in total. The van der Waals surface area contributed by atoms with Gasteiger partial charge in [-0.3, -0.25) is 0 Å². The van der Waals surface area contributed by atoms with Gasteiger partial charge in [0.05, 0.1) is 0 Å². The van der Waals surface area contributed by atoms with Gasteiger partial charge in [-0.25, -0.2) is 0 Å². The summed E-state index contributed by atoms with van der Waals surface area (Å²) in [7, 11) is 0. The summed E-state index contributed by atoms with van der Waals surface area (Å²) in [5.74, 6) is 1.07. The summed E-state index contributed by atoms with van der Waals surface area (Å²) in [5.41, 5.74) is 7.01. The molecule has 1 aliphatic rings. The summed E-state index contributed by atoms with van der Waals surface area (Å²) in [6, 6.07) is 8.76. The molecule has 0 bridgehead atoms. The monoisotopic (exact) mass is 266 g/mol. The van der Waals surface area contributed by atoms with Crippen molar-refractivity contribution in [3.8, 4) is 0 Å². The highest BCUT2D eigenvalue weighted by Crippen LogP contribution is 2.36. The maximum Gasteiger partial charge on any atom is -0.00854 e. The molecule has 0 saturated carbocycles. The van der Waals surface area contributed by atoms with E-state index in [9.17, 15) is 0 Å². The minimum absolute atomic E-state index is 0.516. The third-order valence-corrected chi connectivity index (χ3v) is 4.42. The highest BCUT2D eigenvalue weighted by molar-refractivity contribution is 5.73. The number of benzene rings is 1. The van der Waals surface area contributed by atoms with Crippen molar-refractivity contribution in [2.45, 2.75) is 40.0 Å². The first-order valence-electron chi connectivity index (χ1n) is 7.59. The van der Waals surface area contributed by atoms with E-state index in [1.165, 1.54) is 27.8 Å². The van der Waals surface area contributed by atoms with Crippen molar-refractivity contribution in [1.29, 1.82) is 0 Å². The Bertz CT molecular complexity index is 543. The maximum atomic E-state index is 4.23. The lowest BCUT2D eigenvalue weighted by Gasteiger charge is -2.21. The van der Waals surface area contributed by atoms with Gasteiger partial charge < -0.3 is 0 Å². The van der Waals surface area contributed by atoms with E-state index < -0.39 is 0 Å². The second-order valence-electron chi connectivity index (χ2n) is 6.36. The molecule has 0 unspecified atom stereocenters. The van der Waals surface area contributed by atoms with Crippen molar-refractivity contribution < 1.29 is 0 Å². The summed E-state index contributed by atoms with van der Waals surface area (Å²) in [4.78, 5) is 0. The van der Waals surface area contributed by atoms with Gasteiger partial charge in [0.2, 0.25) is 0 Å². The fraction of sp³-hybridized carbons (Fsp3) is 0.400. The quantitative estimate of drug-likeness (QED) is 0.570. The molecule has 0 heterocycles. The van der Waals surface area contributed by atoms with Gasteiger partial charge in [-0.15, -0.1) is 0 Å². The first kappa shape index (κ1) is 14.8. The third kappa shape index (κ3) is 3.30. The first-order chi connectivity index (χ1) is 9.49. The van der Waals surface area contributed by atoms with Gasteiger partial charge in [-0.1, -0.05) is 68.5 Å². The van der Waals surface area contributed by atoms with Crippen LogP contribution >= 0.6 is 0 Å². The molecule has 1 aromatic carbocycles. The Labute approximate surface area is 123 Å². The Morgan fingerprint density at radius 2 is 1.90 bits per heavy atom.